The molecule has 2 nitrogen and oxygen atoms in total. The van der Waals surface area contributed by atoms with Crippen molar-refractivity contribution < 1.29 is 0 Å². The van der Waals surface area contributed by atoms with Crippen LogP contribution in [-0.4, -0.2) is 46.1 Å². The highest BCUT2D eigenvalue weighted by atomic mass is 15.3. The van der Waals surface area contributed by atoms with Crippen LogP contribution >= 0.6 is 0 Å². The Morgan fingerprint density at radius 3 is 0.833 bits per heavy atom. The zero-order chi connectivity index (χ0) is 58.7. The van der Waals surface area contributed by atoms with Crippen LogP contribution in [0.5, 0.6) is 0 Å². The molecule has 84 heavy (non-hydrogen) atoms. The van der Waals surface area contributed by atoms with Crippen molar-refractivity contribution in [1.82, 2.24) is 9.80 Å². The zero-order valence-corrected chi connectivity index (χ0v) is 57.9. The molecule has 14 unspecified atom stereocenters. The zero-order valence-electron chi connectivity index (χ0n) is 57.9. The fourth-order valence-corrected chi connectivity index (χ4v) is 24.4. The van der Waals surface area contributed by atoms with Crippen molar-refractivity contribution in [3.63, 3.8) is 0 Å². The van der Waals surface area contributed by atoms with Crippen LogP contribution < -0.4 is 0 Å². The Morgan fingerprint density at radius 2 is 0.548 bits per heavy atom. The molecule has 10 aliphatic carbocycles. The molecule has 10 rings (SSSR count). The average molecular weight is 1160 g/mol. The minimum absolute atomic E-state index is 0.810. The van der Waals surface area contributed by atoms with Gasteiger partial charge in [-0.25, -0.2) is 0 Å². The quantitative estimate of drug-likeness (QED) is 0.0941. The number of hydrogen-bond donors (Lipinski definition) is 0. The molecule has 0 aliphatic heterocycles. The molecule has 0 amide bonds. The van der Waals surface area contributed by atoms with Crippen molar-refractivity contribution in [1.29, 1.82) is 0 Å². The van der Waals surface area contributed by atoms with Gasteiger partial charge in [0.2, 0.25) is 0 Å². The Hall–Kier alpha value is -0.600. The van der Waals surface area contributed by atoms with E-state index in [-0.39, 0.29) is 0 Å². The van der Waals surface area contributed by atoms with Gasteiger partial charge in [-0.2, -0.15) is 0 Å². The van der Waals surface area contributed by atoms with Gasteiger partial charge in [-0.1, -0.05) is 196 Å². The summed E-state index contributed by atoms with van der Waals surface area (Å²) in [6.45, 7) is 26.2. The standard InChI is InChI=1S/C82H144N2/c1-11-15-23-67-51-59(7)52-68(24-16-12-2)81(67)83(71-47-43-65(44-48-71)41-39-63-35-31-57(5)32-36-63)79-61(9)55-77(73-27-19-21-29-75(73)79)78-56-62(10)80(76-30-22-20-28-74(76)78)84(82-69(25-17-13-3)53-60(8)54-70(82)26-18-14-4)72-49-45-66(46-50-72)42-40-64-37-33-58(6)34-38-64/h39-42,57-82H,11-38,43-56H2,1-10H3/b41-39+,42-40+. The molecular weight excluding hydrogens is 1010 g/mol. The van der Waals surface area contributed by atoms with E-state index in [9.17, 15) is 0 Å². The van der Waals surface area contributed by atoms with Gasteiger partial charge in [0.25, 0.3) is 0 Å². The summed E-state index contributed by atoms with van der Waals surface area (Å²) in [6.07, 6.45) is 73.2. The molecule has 0 aromatic heterocycles. The predicted octanol–water partition coefficient (Wildman–Crippen LogP) is 24.0. The maximum Gasteiger partial charge on any atom is 0.0158 e. The second kappa shape index (κ2) is 32.6. The first-order chi connectivity index (χ1) is 41.0. The van der Waals surface area contributed by atoms with E-state index in [1.807, 2.05) is 0 Å². The van der Waals surface area contributed by atoms with Crippen molar-refractivity contribution in [3.8, 4) is 0 Å². The SMILES string of the molecule is CCCCC1CC(C)CC(CCCC)C1N(C1CCC(/C=C/C2CCC(C)CC2)CC1)C1C(C)CC(C2CC(C)C(N(C3CCC(/C=C/C4CCC(C)CC4)CC3)C3C(CCCC)CC(C)CC3CCCC)C3CCCCC23)C2CCCCC21. The summed E-state index contributed by atoms with van der Waals surface area (Å²) in [5.41, 5.74) is 0. The molecule has 10 saturated carbocycles. The molecule has 0 bridgehead atoms. The van der Waals surface area contributed by atoms with E-state index in [4.69, 9.17) is 0 Å². The lowest BCUT2D eigenvalue weighted by Crippen LogP contribution is -2.66. The van der Waals surface area contributed by atoms with Gasteiger partial charge in [-0.05, 0) is 285 Å². The summed E-state index contributed by atoms with van der Waals surface area (Å²) in [4.78, 5) is 7.21. The minimum Gasteiger partial charge on any atom is -0.293 e. The first-order valence-corrected chi connectivity index (χ1v) is 39.9. The van der Waals surface area contributed by atoms with Crippen molar-refractivity contribution in [2.75, 3.05) is 0 Å². The summed E-state index contributed by atoms with van der Waals surface area (Å²) in [6, 6.07) is 4.91. The van der Waals surface area contributed by atoms with Crippen LogP contribution in [0.3, 0.4) is 0 Å². The molecule has 0 N–H and O–H groups in total. The van der Waals surface area contributed by atoms with Crippen molar-refractivity contribution in [2.24, 2.45) is 118 Å². The number of unbranched alkanes of at least 4 members (excludes halogenated alkanes) is 4. The smallest absolute Gasteiger partial charge is 0.0158 e. The third kappa shape index (κ3) is 16.3. The van der Waals surface area contributed by atoms with Crippen LogP contribution in [0, 0.1) is 118 Å². The Kier molecular flexibility index (Phi) is 25.7. The topological polar surface area (TPSA) is 6.48 Å². The predicted molar refractivity (Wildman–Crippen MR) is 365 cm³/mol. The Labute approximate surface area is 524 Å². The van der Waals surface area contributed by atoms with Crippen LogP contribution in [0.25, 0.3) is 0 Å². The molecule has 0 radical (unpaired) electrons. The maximum absolute atomic E-state index is 3.61. The molecule has 0 spiro atoms. The van der Waals surface area contributed by atoms with Crippen LogP contribution in [0.15, 0.2) is 24.3 Å². The Morgan fingerprint density at radius 1 is 0.274 bits per heavy atom. The van der Waals surface area contributed by atoms with Gasteiger partial charge < -0.3 is 0 Å². The Balaban J connectivity index is 0.948. The fourth-order valence-electron chi connectivity index (χ4n) is 24.4. The van der Waals surface area contributed by atoms with Crippen LogP contribution in [0.2, 0.25) is 0 Å². The maximum atomic E-state index is 3.61. The number of allylic oxidation sites excluding steroid dienone is 4. The van der Waals surface area contributed by atoms with Crippen molar-refractivity contribution in [2.45, 2.75) is 375 Å². The first kappa shape index (κ1) is 66.3. The van der Waals surface area contributed by atoms with Crippen LogP contribution in [-0.2, 0) is 0 Å². The summed E-state index contributed by atoms with van der Waals surface area (Å²) in [5, 5.41) is 0. The van der Waals surface area contributed by atoms with Gasteiger partial charge >= 0.3 is 0 Å². The van der Waals surface area contributed by atoms with Gasteiger partial charge in [0, 0.05) is 36.3 Å². The summed E-state index contributed by atoms with van der Waals surface area (Å²) in [5.74, 6) is 18.1. The van der Waals surface area contributed by atoms with E-state index in [2.05, 4.69) is 103 Å². The van der Waals surface area contributed by atoms with Gasteiger partial charge in [0.05, 0.1) is 0 Å². The van der Waals surface area contributed by atoms with Crippen molar-refractivity contribution in [3.05, 3.63) is 24.3 Å². The van der Waals surface area contributed by atoms with E-state index < -0.39 is 0 Å². The first-order valence-electron chi connectivity index (χ1n) is 39.9. The largest absolute Gasteiger partial charge is 0.293 e. The van der Waals surface area contributed by atoms with E-state index >= 15 is 0 Å². The van der Waals surface area contributed by atoms with Gasteiger partial charge in [0.15, 0.2) is 0 Å². The second-order valence-electron chi connectivity index (χ2n) is 34.5. The molecule has 2 heteroatoms. The van der Waals surface area contributed by atoms with E-state index in [0.29, 0.717) is 0 Å². The summed E-state index contributed by atoms with van der Waals surface area (Å²) < 4.78 is 0. The molecule has 482 valence electrons. The van der Waals surface area contributed by atoms with Crippen molar-refractivity contribution >= 4 is 0 Å². The molecule has 0 aromatic rings. The molecule has 10 aliphatic rings. The number of rotatable bonds is 23. The van der Waals surface area contributed by atoms with E-state index in [1.54, 1.807) is 38.5 Å². The fraction of sp³-hybridized carbons (Fsp3) is 0.951. The molecule has 14 atom stereocenters. The molecule has 0 heterocycles. The summed E-state index contributed by atoms with van der Waals surface area (Å²) >= 11 is 0. The molecule has 0 aromatic carbocycles. The number of fused-ring (bicyclic) bond motifs is 2. The number of hydrogen-bond acceptors (Lipinski definition) is 2. The normalized spacial score (nSPS) is 45.5. The van der Waals surface area contributed by atoms with Crippen LogP contribution in [0.4, 0.5) is 0 Å². The highest BCUT2D eigenvalue weighted by Crippen LogP contribution is 2.61. The highest BCUT2D eigenvalue weighted by Gasteiger charge is 2.58. The third-order valence-electron chi connectivity index (χ3n) is 28.3. The average Bonchev–Trinajstić information content (AvgIpc) is 1.42. The van der Waals surface area contributed by atoms with Gasteiger partial charge in [-0.15, -0.1) is 0 Å². The number of nitrogens with zero attached hydrogens (tertiary/aromatic N) is 2. The molecular formula is C82H144N2. The van der Waals surface area contributed by atoms with E-state index in [1.165, 1.54) is 231 Å². The molecule has 10 fully saturated rings. The van der Waals surface area contributed by atoms with E-state index in [0.717, 1.165) is 155 Å². The monoisotopic (exact) mass is 1160 g/mol. The minimum atomic E-state index is 0.810. The van der Waals surface area contributed by atoms with Gasteiger partial charge in [0.1, 0.15) is 0 Å². The third-order valence-corrected chi connectivity index (χ3v) is 28.3. The lowest BCUT2D eigenvalue weighted by atomic mass is 9.49. The molecule has 0 saturated heterocycles. The summed E-state index contributed by atoms with van der Waals surface area (Å²) in [7, 11) is 0. The Bertz CT molecular complexity index is 1730. The van der Waals surface area contributed by atoms with Crippen LogP contribution in [0.1, 0.15) is 339 Å². The highest BCUT2D eigenvalue weighted by molar-refractivity contribution is 5.11. The lowest BCUT2D eigenvalue weighted by Gasteiger charge is -2.64. The lowest BCUT2D eigenvalue weighted by molar-refractivity contribution is -0.144. The van der Waals surface area contributed by atoms with Gasteiger partial charge in [-0.3, -0.25) is 9.80 Å². The second-order valence-corrected chi connectivity index (χ2v) is 34.5.